The van der Waals surface area contributed by atoms with Gasteiger partial charge >= 0.3 is 0 Å². The highest BCUT2D eigenvalue weighted by atomic mass is 16.5. The number of ketones is 1. The minimum absolute atomic E-state index is 0.0710. The van der Waals surface area contributed by atoms with Gasteiger partial charge in [0.05, 0.1) is 18.9 Å². The topological polar surface area (TPSA) is 59.1 Å². The summed E-state index contributed by atoms with van der Waals surface area (Å²) in [5.74, 6) is 0.684. The van der Waals surface area contributed by atoms with E-state index in [0.29, 0.717) is 30.0 Å². The second-order valence-corrected chi connectivity index (χ2v) is 7.38. The van der Waals surface area contributed by atoms with Crippen LogP contribution in [0.3, 0.4) is 0 Å². The lowest BCUT2D eigenvalue weighted by molar-refractivity contribution is -0.132. The number of Topliss-reactive ketones (excluding diaryl/α,β-unsaturated/α-hetero) is 1. The SMILES string of the molecule is CCCC(=O)c1ccc2c(c1)N(CCN1CCOCC1)C(=O)C(C)(C)O2. The predicted octanol–water partition coefficient (Wildman–Crippen LogP) is 2.51. The van der Waals surface area contributed by atoms with Crippen LogP contribution >= 0.6 is 0 Å². The Bertz CT molecular complexity index is 680. The summed E-state index contributed by atoms with van der Waals surface area (Å²) in [6, 6.07) is 5.41. The van der Waals surface area contributed by atoms with Crippen molar-refractivity contribution in [2.24, 2.45) is 0 Å². The monoisotopic (exact) mass is 360 g/mol. The Morgan fingerprint density at radius 1 is 1.19 bits per heavy atom. The Labute approximate surface area is 155 Å². The number of hydrogen-bond acceptors (Lipinski definition) is 5. The molecule has 0 atom stereocenters. The zero-order chi connectivity index (χ0) is 18.7. The molecule has 3 rings (SSSR count). The maximum atomic E-state index is 13.0. The van der Waals surface area contributed by atoms with E-state index in [0.717, 1.165) is 39.3 Å². The molecule has 0 radical (unpaired) electrons. The lowest BCUT2D eigenvalue weighted by atomic mass is 10.0. The molecule has 1 amide bonds. The number of carbonyl (C=O) groups is 2. The Morgan fingerprint density at radius 2 is 1.92 bits per heavy atom. The van der Waals surface area contributed by atoms with Gasteiger partial charge in [-0.25, -0.2) is 0 Å². The van der Waals surface area contributed by atoms with Crippen molar-refractivity contribution < 1.29 is 19.1 Å². The molecule has 0 spiro atoms. The van der Waals surface area contributed by atoms with Crippen LogP contribution in [-0.4, -0.2) is 61.6 Å². The largest absolute Gasteiger partial charge is 0.476 e. The van der Waals surface area contributed by atoms with Gasteiger partial charge in [0.1, 0.15) is 5.75 Å². The van der Waals surface area contributed by atoms with E-state index in [1.54, 1.807) is 30.9 Å². The van der Waals surface area contributed by atoms with Crippen LogP contribution < -0.4 is 9.64 Å². The van der Waals surface area contributed by atoms with Crippen LogP contribution in [0.1, 0.15) is 44.0 Å². The van der Waals surface area contributed by atoms with Gasteiger partial charge < -0.3 is 14.4 Å². The number of nitrogens with zero attached hydrogens (tertiary/aromatic N) is 2. The first-order valence-corrected chi connectivity index (χ1v) is 9.40. The van der Waals surface area contributed by atoms with Crippen LogP contribution in [0.2, 0.25) is 0 Å². The average Bonchev–Trinajstić information content (AvgIpc) is 2.63. The number of amides is 1. The number of anilines is 1. The van der Waals surface area contributed by atoms with E-state index in [-0.39, 0.29) is 11.7 Å². The minimum atomic E-state index is -0.910. The molecule has 0 aliphatic carbocycles. The van der Waals surface area contributed by atoms with E-state index in [1.165, 1.54) is 0 Å². The van der Waals surface area contributed by atoms with Gasteiger partial charge in [0.2, 0.25) is 0 Å². The van der Waals surface area contributed by atoms with E-state index in [4.69, 9.17) is 9.47 Å². The highest BCUT2D eigenvalue weighted by Crippen LogP contribution is 2.38. The molecule has 2 aliphatic rings. The summed E-state index contributed by atoms with van der Waals surface area (Å²) in [7, 11) is 0. The van der Waals surface area contributed by atoms with Crippen LogP contribution in [0.25, 0.3) is 0 Å². The summed E-state index contributed by atoms with van der Waals surface area (Å²) in [5, 5.41) is 0. The van der Waals surface area contributed by atoms with E-state index in [1.807, 2.05) is 13.0 Å². The van der Waals surface area contributed by atoms with Crippen LogP contribution in [0.4, 0.5) is 5.69 Å². The maximum Gasteiger partial charge on any atom is 0.270 e. The Kier molecular flexibility index (Phi) is 5.63. The number of morpholine rings is 1. The van der Waals surface area contributed by atoms with Crippen molar-refractivity contribution in [1.82, 2.24) is 4.90 Å². The molecule has 1 aromatic carbocycles. The summed E-state index contributed by atoms with van der Waals surface area (Å²) in [6.45, 7) is 10.1. The van der Waals surface area contributed by atoms with Gasteiger partial charge in [0, 0.05) is 38.2 Å². The lowest BCUT2D eigenvalue weighted by Gasteiger charge is -2.40. The van der Waals surface area contributed by atoms with Gasteiger partial charge in [-0.15, -0.1) is 0 Å². The Hall–Kier alpha value is -1.92. The molecule has 142 valence electrons. The predicted molar refractivity (Wildman–Crippen MR) is 100.0 cm³/mol. The summed E-state index contributed by atoms with van der Waals surface area (Å²) in [4.78, 5) is 29.3. The molecule has 2 aliphatic heterocycles. The summed E-state index contributed by atoms with van der Waals surface area (Å²) >= 11 is 0. The zero-order valence-corrected chi connectivity index (χ0v) is 15.9. The molecule has 0 aromatic heterocycles. The van der Waals surface area contributed by atoms with Gasteiger partial charge in [-0.2, -0.15) is 0 Å². The van der Waals surface area contributed by atoms with Gasteiger partial charge in [-0.05, 0) is 38.5 Å². The number of ether oxygens (including phenoxy) is 2. The maximum absolute atomic E-state index is 13.0. The van der Waals surface area contributed by atoms with E-state index < -0.39 is 5.60 Å². The molecule has 1 aromatic rings. The van der Waals surface area contributed by atoms with Crippen LogP contribution in [0.5, 0.6) is 5.75 Å². The molecule has 1 saturated heterocycles. The fourth-order valence-corrected chi connectivity index (χ4v) is 3.40. The average molecular weight is 360 g/mol. The first-order chi connectivity index (χ1) is 12.4. The standard InChI is InChI=1S/C20H28N2O4/c1-4-5-17(23)15-6-7-18-16(14-15)22(19(24)20(2,3)26-18)9-8-21-10-12-25-13-11-21/h6-7,14H,4-5,8-13H2,1-3H3. The third kappa shape index (κ3) is 3.91. The molecule has 26 heavy (non-hydrogen) atoms. The number of hydrogen-bond donors (Lipinski definition) is 0. The molecule has 0 saturated carbocycles. The van der Waals surface area contributed by atoms with Crippen molar-refractivity contribution in [1.29, 1.82) is 0 Å². The van der Waals surface area contributed by atoms with E-state index >= 15 is 0 Å². The number of fused-ring (bicyclic) bond motifs is 1. The van der Waals surface area contributed by atoms with Gasteiger partial charge in [0.25, 0.3) is 5.91 Å². The van der Waals surface area contributed by atoms with Gasteiger partial charge in [-0.1, -0.05) is 6.92 Å². The quantitative estimate of drug-likeness (QED) is 0.730. The lowest BCUT2D eigenvalue weighted by Crippen LogP contribution is -2.54. The smallest absolute Gasteiger partial charge is 0.270 e. The molecule has 0 unspecified atom stereocenters. The fourth-order valence-electron chi connectivity index (χ4n) is 3.40. The molecule has 6 heteroatoms. The zero-order valence-electron chi connectivity index (χ0n) is 15.9. The van der Waals surface area contributed by atoms with Crippen molar-refractivity contribution >= 4 is 17.4 Å². The van der Waals surface area contributed by atoms with Crippen molar-refractivity contribution in [3.63, 3.8) is 0 Å². The molecule has 6 nitrogen and oxygen atoms in total. The second-order valence-electron chi connectivity index (χ2n) is 7.38. The highest BCUT2D eigenvalue weighted by molar-refractivity contribution is 6.04. The number of rotatable bonds is 6. The molecule has 2 heterocycles. The first-order valence-electron chi connectivity index (χ1n) is 9.40. The van der Waals surface area contributed by atoms with Crippen molar-refractivity contribution in [3.05, 3.63) is 23.8 Å². The third-order valence-corrected chi connectivity index (χ3v) is 4.92. The second kappa shape index (κ2) is 7.76. The summed E-state index contributed by atoms with van der Waals surface area (Å²) in [5.41, 5.74) is 0.426. The van der Waals surface area contributed by atoms with Crippen molar-refractivity contribution in [2.45, 2.75) is 39.2 Å². The first kappa shape index (κ1) is 18.9. The van der Waals surface area contributed by atoms with Crippen LogP contribution in [-0.2, 0) is 9.53 Å². The molecule has 0 bridgehead atoms. The highest BCUT2D eigenvalue weighted by Gasteiger charge is 2.41. The molecule has 0 N–H and O–H groups in total. The molecular formula is C20H28N2O4. The minimum Gasteiger partial charge on any atom is -0.476 e. The summed E-state index contributed by atoms with van der Waals surface area (Å²) < 4.78 is 11.3. The van der Waals surface area contributed by atoms with Crippen molar-refractivity contribution in [3.8, 4) is 5.75 Å². The normalized spacial score (nSPS) is 19.8. The summed E-state index contributed by atoms with van der Waals surface area (Å²) in [6.07, 6.45) is 1.31. The number of benzene rings is 1. The van der Waals surface area contributed by atoms with E-state index in [9.17, 15) is 9.59 Å². The third-order valence-electron chi connectivity index (χ3n) is 4.92. The van der Waals surface area contributed by atoms with E-state index in [2.05, 4.69) is 4.90 Å². The molecular weight excluding hydrogens is 332 g/mol. The van der Waals surface area contributed by atoms with Crippen LogP contribution in [0.15, 0.2) is 18.2 Å². The van der Waals surface area contributed by atoms with Crippen LogP contribution in [0, 0.1) is 0 Å². The van der Waals surface area contributed by atoms with Gasteiger partial charge in [-0.3, -0.25) is 14.5 Å². The molecule has 1 fully saturated rings. The van der Waals surface area contributed by atoms with Gasteiger partial charge in [0.15, 0.2) is 11.4 Å². The Balaban J connectivity index is 1.85. The number of carbonyl (C=O) groups excluding carboxylic acids is 2. The van der Waals surface area contributed by atoms with Crippen molar-refractivity contribution in [2.75, 3.05) is 44.3 Å². The fraction of sp³-hybridized carbons (Fsp3) is 0.600. The Morgan fingerprint density at radius 3 is 2.62 bits per heavy atom.